The van der Waals surface area contributed by atoms with Crippen molar-refractivity contribution >= 4 is 11.8 Å². The SMILES string of the molecule is CC(=O)NC(C)CN(C)C(C)=O. The van der Waals surface area contributed by atoms with E-state index < -0.39 is 0 Å². The third kappa shape index (κ3) is 4.71. The van der Waals surface area contributed by atoms with E-state index in [9.17, 15) is 9.59 Å². The van der Waals surface area contributed by atoms with E-state index in [0.717, 1.165) is 0 Å². The number of likely N-dealkylation sites (N-methyl/N-ethyl adjacent to an activating group) is 1. The summed E-state index contributed by atoms with van der Waals surface area (Å²) in [4.78, 5) is 22.9. The molecule has 12 heavy (non-hydrogen) atoms. The first kappa shape index (κ1) is 10.9. The first-order chi connectivity index (χ1) is 5.43. The van der Waals surface area contributed by atoms with Crippen LogP contribution in [-0.4, -0.2) is 36.3 Å². The highest BCUT2D eigenvalue weighted by Gasteiger charge is 2.08. The number of rotatable bonds is 3. The predicted molar refractivity (Wildman–Crippen MR) is 46.6 cm³/mol. The van der Waals surface area contributed by atoms with Gasteiger partial charge in [0.15, 0.2) is 0 Å². The highest BCUT2D eigenvalue weighted by molar-refractivity contribution is 5.74. The molecule has 1 atom stereocenters. The van der Waals surface area contributed by atoms with Crippen LogP contribution in [0.5, 0.6) is 0 Å². The lowest BCUT2D eigenvalue weighted by Gasteiger charge is -2.20. The maximum Gasteiger partial charge on any atom is 0.219 e. The van der Waals surface area contributed by atoms with Crippen LogP contribution in [0.1, 0.15) is 20.8 Å². The van der Waals surface area contributed by atoms with E-state index in [4.69, 9.17) is 0 Å². The van der Waals surface area contributed by atoms with Crippen molar-refractivity contribution in [2.75, 3.05) is 13.6 Å². The summed E-state index contributed by atoms with van der Waals surface area (Å²) in [5.41, 5.74) is 0. The van der Waals surface area contributed by atoms with Crippen LogP contribution in [0.25, 0.3) is 0 Å². The molecule has 0 fully saturated rings. The van der Waals surface area contributed by atoms with Crippen LogP contribution < -0.4 is 5.32 Å². The smallest absolute Gasteiger partial charge is 0.219 e. The van der Waals surface area contributed by atoms with Gasteiger partial charge in [-0.15, -0.1) is 0 Å². The Morgan fingerprint density at radius 2 is 1.92 bits per heavy atom. The maximum atomic E-state index is 10.8. The van der Waals surface area contributed by atoms with E-state index in [1.54, 1.807) is 11.9 Å². The van der Waals surface area contributed by atoms with Crippen molar-refractivity contribution in [1.82, 2.24) is 10.2 Å². The van der Waals surface area contributed by atoms with E-state index in [-0.39, 0.29) is 17.9 Å². The molecule has 0 aliphatic heterocycles. The fourth-order valence-corrected chi connectivity index (χ4v) is 0.932. The van der Waals surface area contributed by atoms with Crippen LogP contribution in [0.2, 0.25) is 0 Å². The van der Waals surface area contributed by atoms with E-state index >= 15 is 0 Å². The lowest BCUT2D eigenvalue weighted by atomic mass is 10.3. The molecular formula is C8H16N2O2. The molecule has 0 saturated heterocycles. The van der Waals surface area contributed by atoms with Crippen molar-refractivity contribution in [2.45, 2.75) is 26.8 Å². The fraction of sp³-hybridized carbons (Fsp3) is 0.750. The number of hydrogen-bond acceptors (Lipinski definition) is 2. The summed E-state index contributed by atoms with van der Waals surface area (Å²) >= 11 is 0. The average Bonchev–Trinajstić information content (AvgIpc) is 1.84. The summed E-state index contributed by atoms with van der Waals surface area (Å²) in [5, 5.41) is 2.70. The maximum absolute atomic E-state index is 10.8. The van der Waals surface area contributed by atoms with E-state index in [1.807, 2.05) is 6.92 Å². The van der Waals surface area contributed by atoms with Crippen molar-refractivity contribution in [3.8, 4) is 0 Å². The van der Waals surface area contributed by atoms with Gasteiger partial charge in [-0.1, -0.05) is 0 Å². The minimum Gasteiger partial charge on any atom is -0.352 e. The van der Waals surface area contributed by atoms with Crippen LogP contribution >= 0.6 is 0 Å². The van der Waals surface area contributed by atoms with Crippen molar-refractivity contribution in [1.29, 1.82) is 0 Å². The lowest BCUT2D eigenvalue weighted by Crippen LogP contribution is -2.41. The number of amides is 2. The number of carbonyl (C=O) groups is 2. The highest BCUT2D eigenvalue weighted by atomic mass is 16.2. The monoisotopic (exact) mass is 172 g/mol. The Labute approximate surface area is 72.9 Å². The van der Waals surface area contributed by atoms with Crippen molar-refractivity contribution in [2.24, 2.45) is 0 Å². The van der Waals surface area contributed by atoms with Crippen LogP contribution in [0.15, 0.2) is 0 Å². The zero-order chi connectivity index (χ0) is 9.72. The standard InChI is InChI=1S/C8H16N2O2/c1-6(9-7(2)11)5-10(4)8(3)12/h6H,5H2,1-4H3,(H,9,11). The second kappa shape index (κ2) is 4.74. The molecule has 0 aliphatic carbocycles. The molecule has 0 aliphatic rings. The Morgan fingerprint density at radius 3 is 2.25 bits per heavy atom. The molecule has 4 heteroatoms. The normalized spacial score (nSPS) is 12.0. The molecule has 0 aromatic rings. The van der Waals surface area contributed by atoms with Gasteiger partial charge in [-0.25, -0.2) is 0 Å². The Balaban J connectivity index is 3.76. The zero-order valence-corrected chi connectivity index (χ0v) is 8.05. The molecule has 2 amide bonds. The Morgan fingerprint density at radius 1 is 1.42 bits per heavy atom. The van der Waals surface area contributed by atoms with Gasteiger partial charge >= 0.3 is 0 Å². The summed E-state index contributed by atoms with van der Waals surface area (Å²) in [7, 11) is 1.71. The number of nitrogens with zero attached hydrogens (tertiary/aromatic N) is 1. The molecule has 4 nitrogen and oxygen atoms in total. The Kier molecular flexibility index (Phi) is 4.33. The number of hydrogen-bond donors (Lipinski definition) is 1. The first-order valence-corrected chi connectivity index (χ1v) is 3.92. The van der Waals surface area contributed by atoms with Gasteiger partial charge in [0.2, 0.25) is 11.8 Å². The molecule has 0 aromatic heterocycles. The van der Waals surface area contributed by atoms with Crippen molar-refractivity contribution in [3.63, 3.8) is 0 Å². The van der Waals surface area contributed by atoms with Gasteiger partial charge in [-0.3, -0.25) is 9.59 Å². The number of carbonyl (C=O) groups excluding carboxylic acids is 2. The quantitative estimate of drug-likeness (QED) is 0.651. The topological polar surface area (TPSA) is 49.4 Å². The van der Waals surface area contributed by atoms with Crippen LogP contribution in [0, 0.1) is 0 Å². The molecule has 1 unspecified atom stereocenters. The molecule has 0 rings (SSSR count). The summed E-state index contributed by atoms with van der Waals surface area (Å²) in [6.07, 6.45) is 0. The van der Waals surface area contributed by atoms with Crippen LogP contribution in [0.3, 0.4) is 0 Å². The Hall–Kier alpha value is -1.06. The Bertz CT molecular complexity index is 180. The van der Waals surface area contributed by atoms with E-state index in [1.165, 1.54) is 13.8 Å². The predicted octanol–water partition coefficient (Wildman–Crippen LogP) is -0.0107. The van der Waals surface area contributed by atoms with Crippen LogP contribution in [-0.2, 0) is 9.59 Å². The third-order valence-corrected chi connectivity index (χ3v) is 1.53. The van der Waals surface area contributed by atoms with Gasteiger partial charge < -0.3 is 10.2 Å². The van der Waals surface area contributed by atoms with E-state index in [2.05, 4.69) is 5.32 Å². The summed E-state index contributed by atoms with van der Waals surface area (Å²) in [5.74, 6) is -0.0633. The van der Waals surface area contributed by atoms with Crippen molar-refractivity contribution < 1.29 is 9.59 Å². The minimum absolute atomic E-state index is 0.00667. The van der Waals surface area contributed by atoms with E-state index in [0.29, 0.717) is 6.54 Å². The fourth-order valence-electron chi connectivity index (χ4n) is 0.932. The molecule has 0 aromatic carbocycles. The molecule has 0 saturated carbocycles. The van der Waals surface area contributed by atoms with Gasteiger partial charge in [0.1, 0.15) is 0 Å². The summed E-state index contributed by atoms with van der Waals surface area (Å²) in [6, 6.07) is 0.0106. The largest absolute Gasteiger partial charge is 0.352 e. The molecule has 0 spiro atoms. The lowest BCUT2D eigenvalue weighted by molar-refractivity contribution is -0.128. The minimum atomic E-state index is -0.0700. The first-order valence-electron chi connectivity index (χ1n) is 3.92. The molecule has 0 radical (unpaired) electrons. The zero-order valence-electron chi connectivity index (χ0n) is 8.05. The van der Waals surface area contributed by atoms with Gasteiger partial charge in [0, 0.05) is 33.5 Å². The average molecular weight is 172 g/mol. The second-order valence-corrected chi connectivity index (χ2v) is 3.00. The second-order valence-electron chi connectivity index (χ2n) is 3.00. The van der Waals surface area contributed by atoms with Crippen molar-refractivity contribution in [3.05, 3.63) is 0 Å². The van der Waals surface area contributed by atoms with Gasteiger partial charge in [0.25, 0.3) is 0 Å². The summed E-state index contributed by atoms with van der Waals surface area (Å²) in [6.45, 7) is 5.38. The molecule has 0 bridgehead atoms. The molecule has 0 heterocycles. The highest BCUT2D eigenvalue weighted by Crippen LogP contribution is 1.88. The molecular weight excluding hydrogens is 156 g/mol. The summed E-state index contributed by atoms with van der Waals surface area (Å²) < 4.78 is 0. The van der Waals surface area contributed by atoms with Gasteiger partial charge in [-0.05, 0) is 6.92 Å². The van der Waals surface area contributed by atoms with Crippen LogP contribution in [0.4, 0.5) is 0 Å². The third-order valence-electron chi connectivity index (χ3n) is 1.53. The molecule has 1 N–H and O–H groups in total. The van der Waals surface area contributed by atoms with Gasteiger partial charge in [-0.2, -0.15) is 0 Å². The number of nitrogens with one attached hydrogen (secondary N) is 1. The molecule has 70 valence electrons. The van der Waals surface area contributed by atoms with Gasteiger partial charge in [0.05, 0.1) is 0 Å².